The third-order valence-corrected chi connectivity index (χ3v) is 3.13. The Balaban J connectivity index is 2.09. The highest BCUT2D eigenvalue weighted by molar-refractivity contribution is 7.80. The predicted octanol–water partition coefficient (Wildman–Crippen LogP) is 1.66. The average molecular weight is 302 g/mol. The van der Waals surface area contributed by atoms with E-state index in [2.05, 4.69) is 5.32 Å². The summed E-state index contributed by atoms with van der Waals surface area (Å²) < 4.78 is 0. The normalized spacial score (nSPS) is 10.1. The van der Waals surface area contributed by atoms with Gasteiger partial charge in [-0.05, 0) is 29.8 Å². The minimum Gasteiger partial charge on any atom is -0.508 e. The van der Waals surface area contributed by atoms with E-state index in [0.29, 0.717) is 0 Å². The van der Waals surface area contributed by atoms with Crippen LogP contribution in [-0.2, 0) is 6.54 Å². The molecule has 0 aliphatic rings. The zero-order valence-corrected chi connectivity index (χ0v) is 11.9. The molecule has 21 heavy (non-hydrogen) atoms. The molecule has 0 atom stereocenters. The number of rotatable bonds is 4. The van der Waals surface area contributed by atoms with E-state index in [9.17, 15) is 15.0 Å². The molecule has 0 saturated heterocycles. The molecule has 1 amide bonds. The summed E-state index contributed by atoms with van der Waals surface area (Å²) in [6, 6.07) is 11.0. The minimum absolute atomic E-state index is 0.0144. The monoisotopic (exact) mass is 302 g/mol. The third-order valence-electron chi connectivity index (χ3n) is 2.89. The van der Waals surface area contributed by atoms with Crippen LogP contribution in [0, 0.1) is 0 Å². The average Bonchev–Trinajstić information content (AvgIpc) is 2.47. The molecule has 5 N–H and O–H groups in total. The molecule has 0 fully saturated rings. The van der Waals surface area contributed by atoms with Gasteiger partial charge in [0.05, 0.1) is 5.56 Å². The van der Waals surface area contributed by atoms with Crippen LogP contribution < -0.4 is 11.1 Å². The van der Waals surface area contributed by atoms with Gasteiger partial charge in [0.15, 0.2) is 0 Å². The van der Waals surface area contributed by atoms with Crippen LogP contribution in [0.1, 0.15) is 21.5 Å². The van der Waals surface area contributed by atoms with Crippen molar-refractivity contribution in [2.45, 2.75) is 6.54 Å². The lowest BCUT2D eigenvalue weighted by molar-refractivity contribution is 0.0948. The highest BCUT2D eigenvalue weighted by Crippen LogP contribution is 2.21. The van der Waals surface area contributed by atoms with Crippen LogP contribution in [0.3, 0.4) is 0 Å². The van der Waals surface area contributed by atoms with Gasteiger partial charge in [0.2, 0.25) is 0 Å². The van der Waals surface area contributed by atoms with E-state index in [-0.39, 0.29) is 28.6 Å². The minimum atomic E-state index is -0.482. The maximum absolute atomic E-state index is 12.0. The Morgan fingerprint density at radius 3 is 2.67 bits per heavy atom. The molecule has 2 rings (SSSR count). The van der Waals surface area contributed by atoms with Gasteiger partial charge in [-0.25, -0.2) is 0 Å². The van der Waals surface area contributed by atoms with Gasteiger partial charge in [-0.2, -0.15) is 0 Å². The van der Waals surface area contributed by atoms with Crippen molar-refractivity contribution >= 4 is 23.1 Å². The lowest BCUT2D eigenvalue weighted by Gasteiger charge is -2.08. The van der Waals surface area contributed by atoms with E-state index < -0.39 is 5.91 Å². The number of amides is 1. The number of phenolic OH excluding ortho intramolecular Hbond substituents is 2. The van der Waals surface area contributed by atoms with Crippen LogP contribution in [0.15, 0.2) is 42.5 Å². The molecule has 0 radical (unpaired) electrons. The Morgan fingerprint density at radius 1 is 1.19 bits per heavy atom. The molecule has 0 spiro atoms. The maximum Gasteiger partial charge on any atom is 0.255 e. The molecule has 5 nitrogen and oxygen atoms in total. The van der Waals surface area contributed by atoms with Gasteiger partial charge in [0.1, 0.15) is 16.5 Å². The summed E-state index contributed by atoms with van der Waals surface area (Å²) in [4.78, 5) is 12.3. The smallest absolute Gasteiger partial charge is 0.255 e. The number of hydrogen-bond acceptors (Lipinski definition) is 4. The van der Waals surface area contributed by atoms with Crippen LogP contribution in [0.2, 0.25) is 0 Å². The Morgan fingerprint density at radius 2 is 1.95 bits per heavy atom. The van der Waals surface area contributed by atoms with Gasteiger partial charge in [0, 0.05) is 12.1 Å². The van der Waals surface area contributed by atoms with Gasteiger partial charge in [-0.1, -0.05) is 30.4 Å². The Labute approximate surface area is 127 Å². The highest BCUT2D eigenvalue weighted by Gasteiger charge is 2.11. The molecule has 2 aromatic rings. The van der Waals surface area contributed by atoms with Gasteiger partial charge in [0.25, 0.3) is 5.91 Å². The topological polar surface area (TPSA) is 95.6 Å². The molecule has 0 aliphatic heterocycles. The first-order chi connectivity index (χ1) is 9.97. The van der Waals surface area contributed by atoms with Crippen molar-refractivity contribution in [3.63, 3.8) is 0 Å². The first-order valence-corrected chi connectivity index (χ1v) is 6.57. The molecule has 0 bridgehead atoms. The fraction of sp³-hybridized carbons (Fsp3) is 0.0667. The van der Waals surface area contributed by atoms with E-state index >= 15 is 0 Å². The highest BCUT2D eigenvalue weighted by atomic mass is 32.1. The Kier molecular flexibility index (Phi) is 4.39. The van der Waals surface area contributed by atoms with Crippen molar-refractivity contribution in [2.75, 3.05) is 0 Å². The van der Waals surface area contributed by atoms with Crippen molar-refractivity contribution in [1.82, 2.24) is 5.32 Å². The number of thiocarbonyl (C=S) groups is 1. The van der Waals surface area contributed by atoms with Crippen molar-refractivity contribution in [3.8, 4) is 11.5 Å². The SMILES string of the molecule is NC(=S)c1cccc(CNC(=O)c2cc(O)ccc2O)c1. The zero-order valence-electron chi connectivity index (χ0n) is 11.0. The number of nitrogens with one attached hydrogen (secondary N) is 1. The molecule has 0 heterocycles. The van der Waals surface area contributed by atoms with E-state index in [1.807, 2.05) is 6.07 Å². The molecule has 0 aliphatic carbocycles. The second kappa shape index (κ2) is 6.23. The standard InChI is InChI=1S/C15H14N2O3S/c16-14(21)10-3-1-2-9(6-10)8-17-15(20)12-7-11(18)4-5-13(12)19/h1-7,18-19H,8H2,(H2,16,21)(H,17,20). The summed E-state index contributed by atoms with van der Waals surface area (Å²) in [6.45, 7) is 0.254. The number of carbonyl (C=O) groups excluding carboxylic acids is 1. The molecular formula is C15H14N2O3S. The summed E-state index contributed by atoms with van der Waals surface area (Å²) in [5.41, 5.74) is 7.11. The molecule has 0 unspecified atom stereocenters. The predicted molar refractivity (Wildman–Crippen MR) is 83.3 cm³/mol. The van der Waals surface area contributed by atoms with Crippen LogP contribution in [-0.4, -0.2) is 21.1 Å². The van der Waals surface area contributed by atoms with Gasteiger partial charge in [-0.15, -0.1) is 0 Å². The van der Waals surface area contributed by atoms with Crippen molar-refractivity contribution < 1.29 is 15.0 Å². The van der Waals surface area contributed by atoms with E-state index in [0.717, 1.165) is 11.1 Å². The second-order valence-corrected chi connectivity index (χ2v) is 4.89. The quantitative estimate of drug-likeness (QED) is 0.509. The van der Waals surface area contributed by atoms with Crippen LogP contribution in [0.25, 0.3) is 0 Å². The van der Waals surface area contributed by atoms with Crippen LogP contribution in [0.5, 0.6) is 11.5 Å². The first-order valence-electron chi connectivity index (χ1n) is 6.16. The van der Waals surface area contributed by atoms with Gasteiger partial charge >= 0.3 is 0 Å². The Bertz CT molecular complexity index is 701. The number of benzene rings is 2. The number of aromatic hydroxyl groups is 2. The van der Waals surface area contributed by atoms with E-state index in [1.54, 1.807) is 18.2 Å². The summed E-state index contributed by atoms with van der Waals surface area (Å²) in [5, 5.41) is 21.6. The zero-order chi connectivity index (χ0) is 15.4. The van der Waals surface area contributed by atoms with Crippen molar-refractivity contribution in [2.24, 2.45) is 5.73 Å². The fourth-order valence-corrected chi connectivity index (χ4v) is 1.94. The largest absolute Gasteiger partial charge is 0.508 e. The number of phenols is 2. The molecule has 0 aromatic heterocycles. The van der Waals surface area contributed by atoms with Crippen molar-refractivity contribution in [3.05, 3.63) is 59.2 Å². The Hall–Kier alpha value is -2.60. The van der Waals surface area contributed by atoms with Gasteiger partial charge < -0.3 is 21.3 Å². The van der Waals surface area contributed by atoms with Crippen LogP contribution >= 0.6 is 12.2 Å². The third kappa shape index (κ3) is 3.70. The number of carbonyl (C=O) groups is 1. The number of hydrogen-bond donors (Lipinski definition) is 4. The van der Waals surface area contributed by atoms with E-state index in [4.69, 9.17) is 18.0 Å². The number of nitrogens with two attached hydrogens (primary N) is 1. The molecule has 108 valence electrons. The lowest BCUT2D eigenvalue weighted by Crippen LogP contribution is -2.23. The summed E-state index contributed by atoms with van der Waals surface area (Å²) in [5.74, 6) is -0.764. The van der Waals surface area contributed by atoms with E-state index in [1.165, 1.54) is 18.2 Å². The van der Waals surface area contributed by atoms with Gasteiger partial charge in [-0.3, -0.25) is 4.79 Å². The maximum atomic E-state index is 12.0. The van der Waals surface area contributed by atoms with Crippen LogP contribution in [0.4, 0.5) is 0 Å². The summed E-state index contributed by atoms with van der Waals surface area (Å²) in [6.07, 6.45) is 0. The molecule has 6 heteroatoms. The first kappa shape index (κ1) is 14.8. The summed E-state index contributed by atoms with van der Waals surface area (Å²) >= 11 is 4.89. The molecular weight excluding hydrogens is 288 g/mol. The molecule has 2 aromatic carbocycles. The lowest BCUT2D eigenvalue weighted by atomic mass is 10.1. The van der Waals surface area contributed by atoms with Crippen molar-refractivity contribution in [1.29, 1.82) is 0 Å². The second-order valence-electron chi connectivity index (χ2n) is 4.45. The summed E-state index contributed by atoms with van der Waals surface area (Å²) in [7, 11) is 0. The fourth-order valence-electron chi connectivity index (χ4n) is 1.82. The molecule has 0 saturated carbocycles.